The van der Waals surface area contributed by atoms with Crippen molar-refractivity contribution >= 4 is 94.4 Å². The Hall–Kier alpha value is -7.94. The zero-order chi connectivity index (χ0) is 44.6. The third-order valence-electron chi connectivity index (χ3n) is 8.55. The molecule has 24 nitrogen and oxygen atoms in total. The fourth-order valence-electron chi connectivity index (χ4n) is 5.59. The maximum atomic E-state index is 13.2. The quantitative estimate of drug-likeness (QED) is 0.0354. The van der Waals surface area contributed by atoms with Gasteiger partial charge in [0.1, 0.15) is 27.7 Å². The molecule has 0 saturated heterocycles. The number of carboxylic acids is 2. The molecule has 5 aromatic rings. The second-order valence-electron chi connectivity index (χ2n) is 12.5. The van der Waals surface area contributed by atoms with Crippen LogP contribution in [0.1, 0.15) is 15.9 Å². The highest BCUT2D eigenvalue weighted by Crippen LogP contribution is 2.44. The average Bonchev–Trinajstić information content (AvgIpc) is 3.54. The number of anilines is 1. The predicted octanol–water partition coefficient (Wildman–Crippen LogP) is 6.73. The number of phenolic OH excluding ortho intramolecular Hbond substituents is 1. The Morgan fingerprint density at radius 2 is 1.49 bits per heavy atom. The lowest BCUT2D eigenvalue weighted by Gasteiger charge is -2.12. The second-order valence-corrected chi connectivity index (χ2v) is 15.3. The smallest absolute Gasteiger partial charge is 0.355 e. The third-order valence-corrected chi connectivity index (χ3v) is 10.3. The number of nitro groups is 1. The Kier molecular flexibility index (Phi) is 11.4. The van der Waals surface area contributed by atoms with E-state index in [4.69, 9.17) is 4.74 Å². The number of carbonyl (C=O) groups excluding carboxylic acids is 1. The molecule has 0 saturated carbocycles. The number of hydrogen-bond donors (Lipinski definition) is 5. The number of fused-ring (bicyclic) bond motifs is 1. The first-order valence-corrected chi connectivity index (χ1v) is 19.5. The van der Waals surface area contributed by atoms with Crippen molar-refractivity contribution in [2.75, 3.05) is 12.1 Å². The highest BCUT2D eigenvalue weighted by molar-refractivity contribution is 7.86. The number of aromatic hydroxyl groups is 1. The largest absolute Gasteiger partial charge is 0.505 e. The number of carboxylic acid groups (broad SMARTS) is 2. The number of aryl methyl sites for hydroxylation is 1. The van der Waals surface area contributed by atoms with E-state index in [9.17, 15) is 65.8 Å². The van der Waals surface area contributed by atoms with Crippen LogP contribution in [0.4, 0.5) is 39.8 Å². The van der Waals surface area contributed by atoms with Gasteiger partial charge in [-0.1, -0.05) is 0 Å². The Morgan fingerprint density at radius 1 is 0.820 bits per heavy atom. The van der Waals surface area contributed by atoms with Gasteiger partial charge in [-0.25, -0.2) is 9.59 Å². The van der Waals surface area contributed by atoms with Crippen LogP contribution in [-0.4, -0.2) is 82.9 Å². The first-order chi connectivity index (χ1) is 28.7. The van der Waals surface area contributed by atoms with Gasteiger partial charge in [0.15, 0.2) is 11.5 Å². The number of methoxy groups -OCH3 is 1. The van der Waals surface area contributed by atoms with Crippen molar-refractivity contribution in [1.82, 2.24) is 0 Å². The van der Waals surface area contributed by atoms with Crippen LogP contribution in [0.25, 0.3) is 10.8 Å². The lowest BCUT2D eigenvalue weighted by Crippen LogP contribution is -2.33. The van der Waals surface area contributed by atoms with E-state index < -0.39 is 87.2 Å². The van der Waals surface area contributed by atoms with E-state index in [1.165, 1.54) is 37.4 Å². The summed E-state index contributed by atoms with van der Waals surface area (Å²) < 4.78 is 72.6. The first kappa shape index (κ1) is 42.7. The molecule has 0 spiro atoms. The standard InChI is InChI=1S/C35H25N9O15S2/c1-16-11-26(27(59-2)15-25(16)38-37-24-10-6-20(44(51)52)14-23(24)34(47)48)39-40-29-28(61(56,57)58)13-17-12-18(3-9-22(17)32(29)45)36-41-30-31(35(49)50)42-43(33(30)46)19-4-7-21(8-5-19)60(53,54)55/h3-15,30,45H,1-2H3,(H,47,48)(H,49,50)(H,53,54,55)(H,56,57,58). The van der Waals surface area contributed by atoms with E-state index >= 15 is 0 Å². The normalized spacial score (nSPS) is 14.7. The number of carbonyl (C=O) groups is 3. The Labute approximate surface area is 341 Å². The highest BCUT2D eigenvalue weighted by atomic mass is 32.2. The monoisotopic (exact) mass is 875 g/mol. The molecular weight excluding hydrogens is 851 g/mol. The molecule has 1 atom stereocenters. The number of benzene rings is 5. The minimum atomic E-state index is -5.12. The molecule has 1 amide bonds. The maximum Gasteiger partial charge on any atom is 0.355 e. The summed E-state index contributed by atoms with van der Waals surface area (Å²) in [6.45, 7) is 1.55. The molecule has 0 bridgehead atoms. The summed E-state index contributed by atoms with van der Waals surface area (Å²) in [5, 5.41) is 69.4. The molecule has 6 rings (SSSR count). The van der Waals surface area contributed by atoms with E-state index in [1.807, 2.05) is 0 Å². The van der Waals surface area contributed by atoms with Crippen LogP contribution in [0.15, 0.2) is 124 Å². The van der Waals surface area contributed by atoms with Crippen LogP contribution in [0.5, 0.6) is 11.5 Å². The first-order valence-electron chi connectivity index (χ1n) is 16.6. The molecular formula is C35H25N9O15S2. The van der Waals surface area contributed by atoms with Crippen molar-refractivity contribution < 1.29 is 65.3 Å². The van der Waals surface area contributed by atoms with E-state index in [-0.39, 0.29) is 45.0 Å². The number of rotatable bonds is 13. The molecule has 26 heteroatoms. The van der Waals surface area contributed by atoms with Gasteiger partial charge in [0.2, 0.25) is 6.04 Å². The number of aliphatic carboxylic acids is 1. The minimum Gasteiger partial charge on any atom is -0.505 e. The van der Waals surface area contributed by atoms with Gasteiger partial charge in [-0.2, -0.15) is 42.3 Å². The molecule has 0 radical (unpaired) electrons. The zero-order valence-corrected chi connectivity index (χ0v) is 32.4. The molecule has 61 heavy (non-hydrogen) atoms. The number of nitrogens with zero attached hydrogens (tertiary/aromatic N) is 9. The maximum absolute atomic E-state index is 13.2. The van der Waals surface area contributed by atoms with Gasteiger partial charge in [-0.15, -0.1) is 15.3 Å². The summed E-state index contributed by atoms with van der Waals surface area (Å²) in [6, 6.07) is 12.6. The third kappa shape index (κ3) is 8.90. The van der Waals surface area contributed by atoms with Gasteiger partial charge < -0.3 is 20.1 Å². The van der Waals surface area contributed by atoms with Crippen LogP contribution >= 0.6 is 0 Å². The van der Waals surface area contributed by atoms with Crippen molar-refractivity contribution in [2.24, 2.45) is 35.8 Å². The average molecular weight is 876 g/mol. The summed E-state index contributed by atoms with van der Waals surface area (Å²) in [5.41, 5.74) is -2.27. The molecule has 0 fully saturated rings. The fourth-order valence-corrected chi connectivity index (χ4v) is 6.73. The van der Waals surface area contributed by atoms with Gasteiger partial charge in [-0.3, -0.25) is 24.0 Å². The Morgan fingerprint density at radius 3 is 2.10 bits per heavy atom. The van der Waals surface area contributed by atoms with E-state index in [2.05, 4.69) is 35.8 Å². The van der Waals surface area contributed by atoms with Crippen LogP contribution in [0, 0.1) is 17.0 Å². The molecule has 312 valence electrons. The number of hydrazone groups is 1. The number of amides is 1. The summed E-state index contributed by atoms with van der Waals surface area (Å²) >= 11 is 0. The van der Waals surface area contributed by atoms with Crippen molar-refractivity contribution in [3.8, 4) is 11.5 Å². The van der Waals surface area contributed by atoms with Crippen molar-refractivity contribution in [3.63, 3.8) is 0 Å². The van der Waals surface area contributed by atoms with E-state index in [1.54, 1.807) is 6.92 Å². The van der Waals surface area contributed by atoms with Crippen LogP contribution in [-0.2, 0) is 29.8 Å². The van der Waals surface area contributed by atoms with Crippen LogP contribution in [0.2, 0.25) is 0 Å². The zero-order valence-electron chi connectivity index (χ0n) is 30.7. The summed E-state index contributed by atoms with van der Waals surface area (Å²) in [7, 11) is -8.45. The van der Waals surface area contributed by atoms with Crippen molar-refractivity contribution in [2.45, 2.75) is 22.8 Å². The number of hydrogen-bond acceptors (Lipinski definition) is 18. The number of ether oxygens (including phenoxy) is 1. The molecule has 1 aliphatic rings. The molecule has 0 aromatic heterocycles. The number of aromatic carboxylic acids is 1. The number of phenols is 1. The number of nitro benzene ring substituents is 1. The van der Waals surface area contributed by atoms with E-state index in [0.29, 0.717) is 10.6 Å². The van der Waals surface area contributed by atoms with Crippen LogP contribution in [0.3, 0.4) is 0 Å². The number of azo groups is 3. The number of non-ortho nitro benzene ring substituents is 1. The lowest BCUT2D eigenvalue weighted by molar-refractivity contribution is -0.384. The van der Waals surface area contributed by atoms with Gasteiger partial charge in [0.05, 0.1) is 39.6 Å². The Bertz CT molecular complexity index is 3060. The summed E-state index contributed by atoms with van der Waals surface area (Å²) in [6.07, 6.45) is 0. The topological polar surface area (TPSA) is 363 Å². The highest BCUT2D eigenvalue weighted by Gasteiger charge is 2.41. The Balaban J connectivity index is 1.30. The van der Waals surface area contributed by atoms with Crippen molar-refractivity contribution in [1.29, 1.82) is 0 Å². The summed E-state index contributed by atoms with van der Waals surface area (Å²) in [5.74, 6) is -4.89. The summed E-state index contributed by atoms with van der Waals surface area (Å²) in [4.78, 5) is 45.7. The van der Waals surface area contributed by atoms with Gasteiger partial charge in [0, 0.05) is 23.6 Å². The minimum absolute atomic E-state index is 0.0100. The van der Waals surface area contributed by atoms with E-state index in [0.717, 1.165) is 48.5 Å². The molecule has 1 aliphatic heterocycles. The molecule has 1 heterocycles. The molecule has 5 N–H and O–H groups in total. The van der Waals surface area contributed by atoms with Gasteiger partial charge in [0.25, 0.3) is 31.8 Å². The molecule has 0 aliphatic carbocycles. The predicted molar refractivity (Wildman–Crippen MR) is 209 cm³/mol. The SMILES string of the molecule is COc1cc(N=Nc2ccc([N+](=O)[O-])cc2C(=O)O)c(C)cc1N=Nc1c(S(=O)(=O)O)cc2cc(N=NC3C(=O)N(c4ccc(S(=O)(=O)O)cc4)N=C3C(=O)O)ccc2c1O. The van der Waals surface area contributed by atoms with Gasteiger partial charge in [-0.05, 0) is 78.5 Å². The van der Waals surface area contributed by atoms with Gasteiger partial charge >= 0.3 is 11.9 Å². The second kappa shape index (κ2) is 16.4. The lowest BCUT2D eigenvalue weighted by atomic mass is 10.1. The molecule has 1 unspecified atom stereocenters. The van der Waals surface area contributed by atoms with Crippen LogP contribution < -0.4 is 9.75 Å². The molecule has 5 aromatic carbocycles. The van der Waals surface area contributed by atoms with Crippen molar-refractivity contribution in [3.05, 3.63) is 100 Å². The fraction of sp³-hybridized carbons (Fsp3) is 0.0857.